The van der Waals surface area contributed by atoms with E-state index in [1.54, 1.807) is 0 Å². The number of rotatable bonds is 2. The molecule has 114 valence electrons. The Hall–Kier alpha value is -1.39. The highest BCUT2D eigenvalue weighted by atomic mass is 16.5. The van der Waals surface area contributed by atoms with E-state index in [1.165, 1.54) is 0 Å². The van der Waals surface area contributed by atoms with E-state index in [2.05, 4.69) is 18.7 Å². The number of hydrogen-bond donors (Lipinski definition) is 0. The molecule has 0 N–H and O–H groups in total. The number of carbonyl (C=O) groups excluding carboxylic acids is 1. The molecule has 2 atom stereocenters. The number of ether oxygens (including phenoxy) is 1. The molecule has 1 aromatic carbocycles. The number of hydrogen-bond acceptors (Lipinski definition) is 3. The van der Waals surface area contributed by atoms with E-state index >= 15 is 0 Å². The van der Waals surface area contributed by atoms with E-state index in [0.29, 0.717) is 25.1 Å². The first-order valence-corrected chi connectivity index (χ1v) is 7.85. The van der Waals surface area contributed by atoms with Crippen molar-refractivity contribution in [1.29, 1.82) is 0 Å². The standard InChI is InChI=1S/C17H24N2O2/c1-13(2)19-11-15-10-18(8-9-21-16(15)12-19)17(20)14-6-4-3-5-7-14/h3-7,13,15-16H,8-12H2,1-2H3/t15-,16+/m1/s1. The maximum atomic E-state index is 12.6. The molecular weight excluding hydrogens is 264 g/mol. The third-order valence-corrected chi connectivity index (χ3v) is 4.60. The van der Waals surface area contributed by atoms with Crippen LogP contribution in [0.1, 0.15) is 24.2 Å². The molecule has 0 aliphatic carbocycles. The lowest BCUT2D eigenvalue weighted by atomic mass is 10.1. The van der Waals surface area contributed by atoms with Crippen molar-refractivity contribution in [2.45, 2.75) is 26.0 Å². The molecule has 2 aliphatic rings. The van der Waals surface area contributed by atoms with E-state index in [9.17, 15) is 4.79 Å². The molecule has 1 aromatic rings. The Morgan fingerprint density at radius 2 is 1.95 bits per heavy atom. The smallest absolute Gasteiger partial charge is 0.253 e. The maximum Gasteiger partial charge on any atom is 0.253 e. The van der Waals surface area contributed by atoms with Gasteiger partial charge in [0.05, 0.1) is 12.7 Å². The first kappa shape index (κ1) is 14.5. The normalized spacial score (nSPS) is 26.7. The molecule has 0 saturated carbocycles. The highest BCUT2D eigenvalue weighted by molar-refractivity contribution is 5.94. The van der Waals surface area contributed by atoms with E-state index < -0.39 is 0 Å². The summed E-state index contributed by atoms with van der Waals surface area (Å²) >= 11 is 0. The lowest BCUT2D eigenvalue weighted by molar-refractivity contribution is 0.0487. The summed E-state index contributed by atoms with van der Waals surface area (Å²) in [7, 11) is 0. The van der Waals surface area contributed by atoms with Gasteiger partial charge in [0.2, 0.25) is 0 Å². The van der Waals surface area contributed by atoms with Gasteiger partial charge in [-0.15, -0.1) is 0 Å². The van der Waals surface area contributed by atoms with Crippen LogP contribution in [0.2, 0.25) is 0 Å². The van der Waals surface area contributed by atoms with Gasteiger partial charge in [-0.05, 0) is 26.0 Å². The van der Waals surface area contributed by atoms with Crippen molar-refractivity contribution in [3.63, 3.8) is 0 Å². The van der Waals surface area contributed by atoms with E-state index in [0.717, 1.165) is 25.2 Å². The van der Waals surface area contributed by atoms with Gasteiger partial charge < -0.3 is 9.64 Å². The first-order valence-electron chi connectivity index (χ1n) is 7.85. The van der Waals surface area contributed by atoms with Gasteiger partial charge >= 0.3 is 0 Å². The van der Waals surface area contributed by atoms with Crippen molar-refractivity contribution in [3.05, 3.63) is 35.9 Å². The molecule has 2 fully saturated rings. The van der Waals surface area contributed by atoms with Crippen LogP contribution in [0.15, 0.2) is 30.3 Å². The average Bonchev–Trinajstić information content (AvgIpc) is 2.80. The second-order valence-corrected chi connectivity index (χ2v) is 6.33. The Bertz CT molecular complexity index is 489. The summed E-state index contributed by atoms with van der Waals surface area (Å²) in [5, 5.41) is 0. The lowest BCUT2D eigenvalue weighted by Gasteiger charge is -2.24. The van der Waals surface area contributed by atoms with E-state index in [-0.39, 0.29) is 12.0 Å². The fourth-order valence-electron chi connectivity index (χ4n) is 3.30. The van der Waals surface area contributed by atoms with Crippen molar-refractivity contribution in [3.8, 4) is 0 Å². The quantitative estimate of drug-likeness (QED) is 0.833. The summed E-state index contributed by atoms with van der Waals surface area (Å²) in [6.45, 7) is 8.61. The second kappa shape index (κ2) is 6.16. The van der Waals surface area contributed by atoms with Crippen LogP contribution < -0.4 is 0 Å². The molecule has 4 heteroatoms. The maximum absolute atomic E-state index is 12.6. The molecule has 1 amide bonds. The fraction of sp³-hybridized carbons (Fsp3) is 0.588. The SMILES string of the molecule is CC(C)N1C[C@H]2CN(C(=O)c3ccccc3)CCO[C@H]2C1. The number of benzene rings is 1. The number of likely N-dealkylation sites (tertiary alicyclic amines) is 1. The topological polar surface area (TPSA) is 32.8 Å². The minimum Gasteiger partial charge on any atom is -0.375 e. The van der Waals surface area contributed by atoms with Crippen LogP contribution in [0.4, 0.5) is 0 Å². The minimum absolute atomic E-state index is 0.128. The van der Waals surface area contributed by atoms with Crippen LogP contribution in [0, 0.1) is 5.92 Å². The highest BCUT2D eigenvalue weighted by Crippen LogP contribution is 2.25. The molecule has 2 aliphatic heterocycles. The average molecular weight is 288 g/mol. The monoisotopic (exact) mass is 288 g/mol. The van der Waals surface area contributed by atoms with Gasteiger partial charge in [-0.2, -0.15) is 0 Å². The number of nitrogens with zero attached hydrogens (tertiary/aromatic N) is 2. The molecule has 21 heavy (non-hydrogen) atoms. The molecule has 0 bridgehead atoms. The highest BCUT2D eigenvalue weighted by Gasteiger charge is 2.38. The predicted molar refractivity (Wildman–Crippen MR) is 82.3 cm³/mol. The van der Waals surface area contributed by atoms with Crippen LogP contribution in [0.25, 0.3) is 0 Å². The first-order chi connectivity index (χ1) is 10.1. The molecule has 0 spiro atoms. The van der Waals surface area contributed by atoms with Crippen molar-refractivity contribution in [2.24, 2.45) is 5.92 Å². The Morgan fingerprint density at radius 3 is 2.67 bits per heavy atom. The Balaban J connectivity index is 1.70. The van der Waals surface area contributed by atoms with Crippen LogP contribution in [-0.4, -0.2) is 60.6 Å². The van der Waals surface area contributed by atoms with Gasteiger partial charge in [-0.1, -0.05) is 18.2 Å². The Labute approximate surface area is 126 Å². The van der Waals surface area contributed by atoms with Gasteiger partial charge in [0.1, 0.15) is 0 Å². The molecule has 0 aromatic heterocycles. The predicted octanol–water partition coefficient (Wildman–Crippen LogP) is 1.87. The third kappa shape index (κ3) is 3.11. The van der Waals surface area contributed by atoms with Gasteiger partial charge in [0.25, 0.3) is 5.91 Å². The molecule has 0 radical (unpaired) electrons. The summed E-state index contributed by atoms with van der Waals surface area (Å²) in [5.41, 5.74) is 0.773. The molecule has 2 saturated heterocycles. The molecule has 3 rings (SSSR count). The van der Waals surface area contributed by atoms with Crippen LogP contribution in [-0.2, 0) is 4.74 Å². The zero-order chi connectivity index (χ0) is 14.8. The Morgan fingerprint density at radius 1 is 1.19 bits per heavy atom. The van der Waals surface area contributed by atoms with Crippen molar-refractivity contribution < 1.29 is 9.53 Å². The lowest BCUT2D eigenvalue weighted by Crippen LogP contribution is -2.38. The number of amides is 1. The third-order valence-electron chi connectivity index (χ3n) is 4.60. The van der Waals surface area contributed by atoms with E-state index in [1.807, 2.05) is 35.2 Å². The minimum atomic E-state index is 0.128. The van der Waals surface area contributed by atoms with E-state index in [4.69, 9.17) is 4.74 Å². The van der Waals surface area contributed by atoms with Gasteiger partial charge in [0.15, 0.2) is 0 Å². The number of carbonyl (C=O) groups is 1. The van der Waals surface area contributed by atoms with Crippen molar-refractivity contribution >= 4 is 5.91 Å². The van der Waals surface area contributed by atoms with Gasteiger partial charge in [0, 0.05) is 43.7 Å². The molecule has 0 unspecified atom stereocenters. The van der Waals surface area contributed by atoms with Crippen molar-refractivity contribution in [2.75, 3.05) is 32.8 Å². The summed E-state index contributed by atoms with van der Waals surface area (Å²) in [6.07, 6.45) is 0.279. The summed E-state index contributed by atoms with van der Waals surface area (Å²) in [4.78, 5) is 17.0. The second-order valence-electron chi connectivity index (χ2n) is 6.33. The zero-order valence-corrected chi connectivity index (χ0v) is 12.9. The largest absolute Gasteiger partial charge is 0.375 e. The zero-order valence-electron chi connectivity index (χ0n) is 12.9. The van der Waals surface area contributed by atoms with Gasteiger partial charge in [-0.3, -0.25) is 9.69 Å². The van der Waals surface area contributed by atoms with Crippen LogP contribution >= 0.6 is 0 Å². The van der Waals surface area contributed by atoms with Crippen LogP contribution in [0.5, 0.6) is 0 Å². The van der Waals surface area contributed by atoms with Crippen LogP contribution in [0.3, 0.4) is 0 Å². The summed E-state index contributed by atoms with van der Waals surface area (Å²) in [5.74, 6) is 0.561. The Kier molecular flexibility index (Phi) is 4.27. The van der Waals surface area contributed by atoms with Gasteiger partial charge in [-0.25, -0.2) is 0 Å². The molecule has 4 nitrogen and oxygen atoms in total. The molecule has 2 heterocycles. The summed E-state index contributed by atoms with van der Waals surface area (Å²) in [6, 6.07) is 10.1. The van der Waals surface area contributed by atoms with Crippen molar-refractivity contribution in [1.82, 2.24) is 9.80 Å². The number of fused-ring (bicyclic) bond motifs is 1. The summed E-state index contributed by atoms with van der Waals surface area (Å²) < 4.78 is 5.99. The molecular formula is C17H24N2O2. The fourth-order valence-corrected chi connectivity index (χ4v) is 3.30.